The van der Waals surface area contributed by atoms with Crippen molar-refractivity contribution in [3.8, 4) is 0 Å². The molecule has 0 bridgehead atoms. The van der Waals surface area contributed by atoms with Crippen LogP contribution in [0.25, 0.3) is 0 Å². The van der Waals surface area contributed by atoms with Gasteiger partial charge in [-0.3, -0.25) is 9.69 Å². The second-order valence-electron chi connectivity index (χ2n) is 7.26. The van der Waals surface area contributed by atoms with Crippen molar-refractivity contribution in [3.63, 3.8) is 0 Å². The molecule has 0 N–H and O–H groups in total. The van der Waals surface area contributed by atoms with E-state index in [-0.39, 0.29) is 12.5 Å². The molecule has 5 heteroatoms. The van der Waals surface area contributed by atoms with E-state index in [9.17, 15) is 9.59 Å². The average molecular weight is 332 g/mol. The fourth-order valence-corrected chi connectivity index (χ4v) is 2.72. The van der Waals surface area contributed by atoms with Gasteiger partial charge in [-0.2, -0.15) is 0 Å². The average Bonchev–Trinajstić information content (AvgIpc) is 2.54. The van der Waals surface area contributed by atoms with E-state index in [0.29, 0.717) is 6.54 Å². The van der Waals surface area contributed by atoms with Crippen molar-refractivity contribution < 1.29 is 14.3 Å². The van der Waals surface area contributed by atoms with Gasteiger partial charge in [0.05, 0.1) is 0 Å². The van der Waals surface area contributed by atoms with Crippen molar-refractivity contribution in [2.75, 3.05) is 19.6 Å². The predicted octanol–water partition coefficient (Wildman–Crippen LogP) is 3.44. The highest BCUT2D eigenvalue weighted by Crippen LogP contribution is 2.14. The molecule has 0 radical (unpaired) electrons. The van der Waals surface area contributed by atoms with E-state index in [2.05, 4.69) is 0 Å². The molecule has 0 aromatic heterocycles. The van der Waals surface area contributed by atoms with Crippen molar-refractivity contribution in [2.24, 2.45) is 0 Å². The van der Waals surface area contributed by atoms with Gasteiger partial charge in [-0.1, -0.05) is 30.3 Å². The standard InChI is InChI=1S/C19H28N2O3/c1-19(2,3)24-18(23)21(14-16-10-6-4-7-11-16)15-17(22)20-12-8-5-9-13-20/h4,6-7,10-11H,5,8-9,12-15H2,1-3H3. The number of rotatable bonds is 4. The first-order chi connectivity index (χ1) is 11.3. The van der Waals surface area contributed by atoms with Crippen molar-refractivity contribution in [1.29, 1.82) is 0 Å². The van der Waals surface area contributed by atoms with Crippen molar-refractivity contribution >= 4 is 12.0 Å². The molecule has 0 atom stereocenters. The van der Waals surface area contributed by atoms with E-state index >= 15 is 0 Å². The summed E-state index contributed by atoms with van der Waals surface area (Å²) >= 11 is 0. The smallest absolute Gasteiger partial charge is 0.411 e. The van der Waals surface area contributed by atoms with Crippen molar-refractivity contribution in [1.82, 2.24) is 9.80 Å². The second-order valence-corrected chi connectivity index (χ2v) is 7.26. The summed E-state index contributed by atoms with van der Waals surface area (Å²) < 4.78 is 5.48. The van der Waals surface area contributed by atoms with Crippen LogP contribution in [0.3, 0.4) is 0 Å². The largest absolute Gasteiger partial charge is 0.444 e. The molecule has 5 nitrogen and oxygen atoms in total. The Morgan fingerprint density at radius 1 is 1.08 bits per heavy atom. The quantitative estimate of drug-likeness (QED) is 0.849. The van der Waals surface area contributed by atoms with Gasteiger partial charge in [0.1, 0.15) is 12.1 Å². The van der Waals surface area contributed by atoms with E-state index < -0.39 is 11.7 Å². The molecular weight excluding hydrogens is 304 g/mol. The molecule has 1 aliphatic rings. The third-order valence-corrected chi connectivity index (χ3v) is 3.90. The molecule has 0 unspecified atom stereocenters. The zero-order valence-electron chi connectivity index (χ0n) is 15.0. The SMILES string of the molecule is CC(C)(C)OC(=O)N(CC(=O)N1CCCCC1)Cc1ccccc1. The van der Waals surface area contributed by atoms with Crippen molar-refractivity contribution in [2.45, 2.75) is 52.2 Å². The summed E-state index contributed by atoms with van der Waals surface area (Å²) in [6.07, 6.45) is 2.80. The van der Waals surface area contributed by atoms with Crippen molar-refractivity contribution in [3.05, 3.63) is 35.9 Å². The molecule has 0 saturated carbocycles. The molecule has 1 heterocycles. The van der Waals surface area contributed by atoms with E-state index in [1.54, 1.807) is 0 Å². The lowest BCUT2D eigenvalue weighted by Crippen LogP contribution is -2.45. The fraction of sp³-hybridized carbons (Fsp3) is 0.579. The Kier molecular flexibility index (Phi) is 6.23. The number of hydrogen-bond donors (Lipinski definition) is 0. The highest BCUT2D eigenvalue weighted by atomic mass is 16.6. The first kappa shape index (κ1) is 18.3. The minimum absolute atomic E-state index is 0.00325. The van der Waals surface area contributed by atoms with E-state index in [1.165, 1.54) is 11.3 Å². The lowest BCUT2D eigenvalue weighted by atomic mass is 10.1. The van der Waals surface area contributed by atoms with Gasteiger partial charge in [0.15, 0.2) is 0 Å². The van der Waals surface area contributed by atoms with Crippen LogP contribution in [0.15, 0.2) is 30.3 Å². The van der Waals surface area contributed by atoms with Crippen LogP contribution in [0, 0.1) is 0 Å². The van der Waals surface area contributed by atoms with Crippen LogP contribution in [0.5, 0.6) is 0 Å². The van der Waals surface area contributed by atoms with Gasteiger partial charge in [0.25, 0.3) is 0 Å². The molecule has 1 aliphatic heterocycles. The number of carbonyl (C=O) groups excluding carboxylic acids is 2. The molecule has 24 heavy (non-hydrogen) atoms. The third-order valence-electron chi connectivity index (χ3n) is 3.90. The number of hydrogen-bond acceptors (Lipinski definition) is 3. The summed E-state index contributed by atoms with van der Waals surface area (Å²) in [5.74, 6) is -0.00325. The number of carbonyl (C=O) groups is 2. The summed E-state index contributed by atoms with van der Waals surface area (Å²) in [4.78, 5) is 28.4. The van der Waals surface area contributed by atoms with Crippen LogP contribution in [-0.4, -0.2) is 47.0 Å². The lowest BCUT2D eigenvalue weighted by Gasteiger charge is -2.31. The zero-order valence-corrected chi connectivity index (χ0v) is 15.0. The lowest BCUT2D eigenvalue weighted by molar-refractivity contribution is -0.133. The summed E-state index contributed by atoms with van der Waals surface area (Å²) in [7, 11) is 0. The van der Waals surface area contributed by atoms with Crippen LogP contribution < -0.4 is 0 Å². The van der Waals surface area contributed by atoms with Crippen LogP contribution in [0.2, 0.25) is 0 Å². The monoisotopic (exact) mass is 332 g/mol. The Morgan fingerprint density at radius 3 is 2.29 bits per heavy atom. The summed E-state index contributed by atoms with van der Waals surface area (Å²) in [6, 6.07) is 9.68. The molecule has 132 valence electrons. The van der Waals surface area contributed by atoms with Crippen LogP contribution in [0.1, 0.15) is 45.6 Å². The molecule has 1 saturated heterocycles. The van der Waals surface area contributed by atoms with Gasteiger partial charge in [0.2, 0.25) is 5.91 Å². The molecule has 1 fully saturated rings. The van der Waals surface area contributed by atoms with Crippen LogP contribution in [0.4, 0.5) is 4.79 Å². The van der Waals surface area contributed by atoms with Gasteiger partial charge in [-0.25, -0.2) is 4.79 Å². The van der Waals surface area contributed by atoms with E-state index in [1.807, 2.05) is 56.0 Å². The first-order valence-corrected chi connectivity index (χ1v) is 8.65. The maximum absolute atomic E-state index is 12.5. The Labute approximate surface area is 144 Å². The Balaban J connectivity index is 2.06. The highest BCUT2D eigenvalue weighted by molar-refractivity contribution is 5.82. The Morgan fingerprint density at radius 2 is 1.71 bits per heavy atom. The zero-order chi connectivity index (χ0) is 17.6. The number of ether oxygens (including phenoxy) is 1. The number of amides is 2. The number of benzene rings is 1. The second kappa shape index (κ2) is 8.18. The minimum Gasteiger partial charge on any atom is -0.444 e. The minimum atomic E-state index is -0.583. The normalized spacial score (nSPS) is 15.0. The Hall–Kier alpha value is -2.04. The van der Waals surface area contributed by atoms with Crippen LogP contribution in [-0.2, 0) is 16.1 Å². The van der Waals surface area contributed by atoms with Gasteiger partial charge in [-0.15, -0.1) is 0 Å². The Bertz CT molecular complexity index is 545. The molecule has 0 aliphatic carbocycles. The van der Waals surface area contributed by atoms with Gasteiger partial charge >= 0.3 is 6.09 Å². The van der Waals surface area contributed by atoms with Gasteiger partial charge in [0, 0.05) is 19.6 Å². The number of piperidine rings is 1. The van der Waals surface area contributed by atoms with Gasteiger partial charge in [-0.05, 0) is 45.6 Å². The third kappa shape index (κ3) is 5.87. The molecule has 2 rings (SSSR count). The molecule has 2 amide bonds. The molecule has 1 aromatic rings. The molecule has 1 aromatic carbocycles. The van der Waals surface area contributed by atoms with E-state index in [0.717, 1.165) is 31.5 Å². The number of likely N-dealkylation sites (tertiary alicyclic amines) is 1. The maximum atomic E-state index is 12.5. The highest BCUT2D eigenvalue weighted by Gasteiger charge is 2.26. The molecule has 0 spiro atoms. The fourth-order valence-electron chi connectivity index (χ4n) is 2.72. The maximum Gasteiger partial charge on any atom is 0.411 e. The summed E-state index contributed by atoms with van der Waals surface area (Å²) in [5.41, 5.74) is 0.398. The topological polar surface area (TPSA) is 49.9 Å². The van der Waals surface area contributed by atoms with Crippen LogP contribution >= 0.6 is 0 Å². The summed E-state index contributed by atoms with van der Waals surface area (Å²) in [6.45, 7) is 7.49. The van der Waals surface area contributed by atoms with Gasteiger partial charge < -0.3 is 9.64 Å². The first-order valence-electron chi connectivity index (χ1n) is 8.65. The molecular formula is C19H28N2O3. The predicted molar refractivity (Wildman–Crippen MR) is 93.5 cm³/mol. The number of nitrogens with zero attached hydrogens (tertiary/aromatic N) is 2. The summed E-state index contributed by atoms with van der Waals surface area (Å²) in [5, 5.41) is 0. The van der Waals surface area contributed by atoms with E-state index in [4.69, 9.17) is 4.74 Å².